The Balaban J connectivity index is 1.49. The van der Waals surface area contributed by atoms with E-state index in [1.807, 2.05) is 24.4 Å². The lowest BCUT2D eigenvalue weighted by molar-refractivity contribution is 0.306. The lowest BCUT2D eigenvalue weighted by Crippen LogP contribution is -2.28. The Labute approximate surface area is 203 Å². The number of nitrogens with zero attached hydrogens (tertiary/aromatic N) is 3. The van der Waals surface area contributed by atoms with E-state index in [-0.39, 0.29) is 5.82 Å². The van der Waals surface area contributed by atoms with Gasteiger partial charge in [-0.25, -0.2) is 14.4 Å². The molecule has 1 aromatic heterocycles. The van der Waals surface area contributed by atoms with Gasteiger partial charge in [-0.1, -0.05) is 50.3 Å². The van der Waals surface area contributed by atoms with Gasteiger partial charge in [-0.15, -0.1) is 0 Å². The van der Waals surface area contributed by atoms with Gasteiger partial charge < -0.3 is 5.32 Å². The second-order valence-corrected chi connectivity index (χ2v) is 10.1. The fourth-order valence-corrected chi connectivity index (χ4v) is 5.74. The zero-order chi connectivity index (χ0) is 23.2. The zero-order valence-corrected chi connectivity index (χ0v) is 20.2. The quantitative estimate of drug-likeness (QED) is 0.511. The molecule has 2 aromatic rings. The summed E-state index contributed by atoms with van der Waals surface area (Å²) < 4.78 is 13.7. The Kier molecular flexibility index (Phi) is 7.69. The molecule has 2 fully saturated rings. The average molecular weight is 461 g/mol. The Morgan fingerprint density at radius 2 is 1.65 bits per heavy atom. The van der Waals surface area contributed by atoms with Crippen molar-refractivity contribution in [3.63, 3.8) is 0 Å². The van der Waals surface area contributed by atoms with Crippen molar-refractivity contribution in [2.75, 3.05) is 25.0 Å². The predicted molar refractivity (Wildman–Crippen MR) is 138 cm³/mol. The topological polar surface area (TPSA) is 41.1 Å². The summed E-state index contributed by atoms with van der Waals surface area (Å²) in [4.78, 5) is 12.2. The van der Waals surface area contributed by atoms with Crippen molar-refractivity contribution < 1.29 is 4.39 Å². The summed E-state index contributed by atoms with van der Waals surface area (Å²) in [7, 11) is 0. The highest BCUT2D eigenvalue weighted by molar-refractivity contribution is 6.06. The van der Waals surface area contributed by atoms with E-state index < -0.39 is 0 Å². The van der Waals surface area contributed by atoms with E-state index in [2.05, 4.69) is 21.3 Å². The fourth-order valence-electron chi connectivity index (χ4n) is 5.74. The number of anilines is 1. The first-order valence-electron chi connectivity index (χ1n) is 13.3. The third-order valence-electron chi connectivity index (χ3n) is 7.54. The molecule has 1 saturated carbocycles. The van der Waals surface area contributed by atoms with Crippen molar-refractivity contribution in [2.24, 2.45) is 0 Å². The van der Waals surface area contributed by atoms with Crippen LogP contribution in [-0.4, -0.2) is 40.5 Å². The molecule has 0 radical (unpaired) electrons. The minimum atomic E-state index is -0.198. The normalized spacial score (nSPS) is 20.7. The van der Waals surface area contributed by atoms with Crippen LogP contribution >= 0.6 is 0 Å². The number of aromatic nitrogens is 2. The average Bonchev–Trinajstić information content (AvgIpc) is 3.14. The van der Waals surface area contributed by atoms with Gasteiger partial charge in [-0.2, -0.15) is 0 Å². The zero-order valence-electron chi connectivity index (χ0n) is 20.2. The minimum absolute atomic E-state index is 0.198. The largest absolute Gasteiger partial charge is 0.351 e. The first-order chi connectivity index (χ1) is 16.8. The smallest absolute Gasteiger partial charge is 0.223 e. The minimum Gasteiger partial charge on any atom is -0.351 e. The third-order valence-corrected chi connectivity index (χ3v) is 7.54. The second-order valence-electron chi connectivity index (χ2n) is 10.1. The number of hydrogen-bond acceptors (Lipinski definition) is 4. The highest BCUT2D eigenvalue weighted by Crippen LogP contribution is 2.39. The number of benzene rings is 1. The Bertz CT molecular complexity index is 1010. The first kappa shape index (κ1) is 23.2. The van der Waals surface area contributed by atoms with E-state index in [9.17, 15) is 4.39 Å². The van der Waals surface area contributed by atoms with E-state index in [0.717, 1.165) is 36.6 Å². The summed E-state index contributed by atoms with van der Waals surface area (Å²) in [6.07, 6.45) is 17.8. The number of likely N-dealkylation sites (tertiary alicyclic amines) is 1. The molecule has 1 aliphatic heterocycles. The monoisotopic (exact) mass is 460 g/mol. The van der Waals surface area contributed by atoms with E-state index in [1.165, 1.54) is 87.6 Å². The van der Waals surface area contributed by atoms with Gasteiger partial charge in [0.2, 0.25) is 5.95 Å². The molecule has 0 atom stereocenters. The summed E-state index contributed by atoms with van der Waals surface area (Å²) in [5.41, 5.74) is 5.89. The summed E-state index contributed by atoms with van der Waals surface area (Å²) in [5, 5.41) is 3.60. The number of allylic oxidation sites excluding steroid dienone is 3. The lowest BCUT2D eigenvalue weighted by atomic mass is 9.84. The van der Waals surface area contributed by atoms with Crippen LogP contribution < -0.4 is 5.32 Å². The van der Waals surface area contributed by atoms with Crippen LogP contribution in [0.4, 0.5) is 10.3 Å². The van der Waals surface area contributed by atoms with Gasteiger partial charge in [-0.05, 0) is 86.5 Å². The molecule has 1 saturated heterocycles. The maximum atomic E-state index is 13.7. The van der Waals surface area contributed by atoms with Crippen LogP contribution in [0.5, 0.6) is 0 Å². The van der Waals surface area contributed by atoms with Crippen LogP contribution in [0.3, 0.4) is 0 Å². The summed E-state index contributed by atoms with van der Waals surface area (Å²) in [6, 6.07) is 9.44. The number of rotatable bonds is 6. The van der Waals surface area contributed by atoms with Gasteiger partial charge in [-0.3, -0.25) is 4.90 Å². The lowest BCUT2D eigenvalue weighted by Gasteiger charge is -2.28. The highest BCUT2D eigenvalue weighted by Gasteiger charge is 2.23. The van der Waals surface area contributed by atoms with Gasteiger partial charge in [0.1, 0.15) is 5.82 Å². The van der Waals surface area contributed by atoms with Gasteiger partial charge in [0.25, 0.3) is 0 Å². The molecular weight excluding hydrogens is 423 g/mol. The summed E-state index contributed by atoms with van der Waals surface area (Å²) in [6.45, 7) is 3.33. The third kappa shape index (κ3) is 5.75. The molecule has 0 spiro atoms. The standard InChI is InChI=1S/C29H37FN4/c30-24-15-13-22(14-16-24)26-12-8-9-23(21-34-19-6-1-2-7-20-34)28(26)27-17-18-31-29(33-27)32-25-10-4-3-5-11-25/h12-18,25H,1-11,19-21H2,(H,31,32,33). The highest BCUT2D eigenvalue weighted by atomic mass is 19.1. The molecule has 3 aliphatic rings. The fraction of sp³-hybridized carbons (Fsp3) is 0.517. The van der Waals surface area contributed by atoms with Crippen molar-refractivity contribution >= 4 is 17.1 Å². The van der Waals surface area contributed by atoms with Crippen LogP contribution in [0, 0.1) is 5.82 Å². The van der Waals surface area contributed by atoms with E-state index in [0.29, 0.717) is 6.04 Å². The van der Waals surface area contributed by atoms with Crippen LogP contribution in [0.1, 0.15) is 81.9 Å². The van der Waals surface area contributed by atoms with Crippen molar-refractivity contribution in [3.8, 4) is 0 Å². The molecule has 180 valence electrons. The summed E-state index contributed by atoms with van der Waals surface area (Å²) in [5.74, 6) is 0.534. The van der Waals surface area contributed by atoms with Gasteiger partial charge in [0.05, 0.1) is 5.69 Å². The number of hydrogen-bond donors (Lipinski definition) is 1. The maximum absolute atomic E-state index is 13.7. The Hall–Kier alpha value is -2.53. The Morgan fingerprint density at radius 3 is 2.41 bits per heavy atom. The molecule has 0 amide bonds. The SMILES string of the molecule is Fc1ccc(C2=CCCC(CN3CCCCCC3)=C2c2ccnc(NC3CCCCC3)n2)cc1. The van der Waals surface area contributed by atoms with Crippen LogP contribution in [0.2, 0.25) is 0 Å². The predicted octanol–water partition coefficient (Wildman–Crippen LogP) is 6.87. The van der Waals surface area contributed by atoms with Crippen molar-refractivity contribution in [3.05, 3.63) is 65.3 Å². The molecule has 5 heteroatoms. The van der Waals surface area contributed by atoms with E-state index in [1.54, 1.807) is 12.1 Å². The summed E-state index contributed by atoms with van der Waals surface area (Å²) >= 11 is 0. The molecule has 0 unspecified atom stereocenters. The molecule has 34 heavy (non-hydrogen) atoms. The first-order valence-corrected chi connectivity index (χ1v) is 13.3. The Morgan fingerprint density at radius 1 is 0.912 bits per heavy atom. The van der Waals surface area contributed by atoms with Crippen LogP contribution in [0.15, 0.2) is 48.2 Å². The number of halogens is 1. The maximum Gasteiger partial charge on any atom is 0.223 e. The second kappa shape index (κ2) is 11.3. The van der Waals surface area contributed by atoms with E-state index >= 15 is 0 Å². The molecule has 2 heterocycles. The molecule has 5 rings (SSSR count). The van der Waals surface area contributed by atoms with Crippen molar-refractivity contribution in [1.82, 2.24) is 14.9 Å². The van der Waals surface area contributed by atoms with Gasteiger partial charge in [0.15, 0.2) is 0 Å². The molecule has 4 nitrogen and oxygen atoms in total. The molecule has 1 aromatic carbocycles. The van der Waals surface area contributed by atoms with Crippen LogP contribution in [0.25, 0.3) is 11.1 Å². The molecular formula is C29H37FN4. The van der Waals surface area contributed by atoms with Crippen LogP contribution in [-0.2, 0) is 0 Å². The van der Waals surface area contributed by atoms with E-state index in [4.69, 9.17) is 4.98 Å². The van der Waals surface area contributed by atoms with Crippen molar-refractivity contribution in [1.29, 1.82) is 0 Å². The van der Waals surface area contributed by atoms with Gasteiger partial charge >= 0.3 is 0 Å². The van der Waals surface area contributed by atoms with Gasteiger partial charge in [0, 0.05) is 24.4 Å². The number of nitrogens with one attached hydrogen (secondary N) is 1. The molecule has 1 N–H and O–H groups in total. The molecule has 0 bridgehead atoms. The molecule has 2 aliphatic carbocycles. The van der Waals surface area contributed by atoms with Crippen molar-refractivity contribution in [2.45, 2.75) is 76.7 Å².